The number of hydrogen-bond donors (Lipinski definition) is 1. The van der Waals surface area contributed by atoms with Gasteiger partial charge < -0.3 is 9.84 Å². The molecule has 28 heavy (non-hydrogen) atoms. The lowest BCUT2D eigenvalue weighted by Crippen LogP contribution is -2.13. The Bertz CT molecular complexity index is 895. The summed E-state index contributed by atoms with van der Waals surface area (Å²) in [5.41, 5.74) is 2.01. The smallest absolute Gasteiger partial charge is 0.163 e. The minimum atomic E-state index is -0.324. The van der Waals surface area contributed by atoms with E-state index in [0.29, 0.717) is 16.9 Å². The molecule has 0 saturated heterocycles. The fourth-order valence-electron chi connectivity index (χ4n) is 3.19. The van der Waals surface area contributed by atoms with Crippen LogP contribution in [0.2, 0.25) is 0 Å². The summed E-state index contributed by atoms with van der Waals surface area (Å²) in [5, 5.41) is 9.88. The van der Waals surface area contributed by atoms with Gasteiger partial charge in [0.1, 0.15) is 0 Å². The molecule has 0 fully saturated rings. The van der Waals surface area contributed by atoms with E-state index in [1.165, 1.54) is 13.2 Å². The molecule has 0 saturated carbocycles. The first-order valence-electron chi connectivity index (χ1n) is 9.12. The van der Waals surface area contributed by atoms with Gasteiger partial charge in [-0.05, 0) is 23.6 Å². The van der Waals surface area contributed by atoms with E-state index in [9.17, 15) is 14.7 Å². The molecule has 0 aliphatic carbocycles. The summed E-state index contributed by atoms with van der Waals surface area (Å²) in [7, 11) is 1.47. The lowest BCUT2D eigenvalue weighted by molar-refractivity contribution is 0.0944. The first-order chi connectivity index (χ1) is 13.6. The largest absolute Gasteiger partial charge is 0.504 e. The van der Waals surface area contributed by atoms with Crippen LogP contribution < -0.4 is 4.74 Å². The van der Waals surface area contributed by atoms with Crippen LogP contribution in [-0.2, 0) is 0 Å². The van der Waals surface area contributed by atoms with Crippen LogP contribution in [-0.4, -0.2) is 23.8 Å². The Hall–Kier alpha value is -3.40. The van der Waals surface area contributed by atoms with E-state index in [4.69, 9.17) is 4.74 Å². The lowest BCUT2D eigenvalue weighted by Gasteiger charge is -2.18. The maximum absolute atomic E-state index is 12.8. The van der Waals surface area contributed by atoms with E-state index in [0.717, 1.165) is 5.56 Å². The number of Topliss-reactive ketones (excluding diaryl/α,β-unsaturated/α-hetero) is 2. The highest BCUT2D eigenvalue weighted by atomic mass is 16.5. The van der Waals surface area contributed by atoms with Crippen LogP contribution >= 0.6 is 0 Å². The molecule has 142 valence electrons. The number of ether oxygens (including phenoxy) is 1. The van der Waals surface area contributed by atoms with Gasteiger partial charge in [0.15, 0.2) is 23.1 Å². The Morgan fingerprint density at radius 3 is 1.79 bits per heavy atom. The van der Waals surface area contributed by atoms with Crippen LogP contribution in [0, 0.1) is 0 Å². The molecular formula is C24H22O4. The average molecular weight is 374 g/mol. The van der Waals surface area contributed by atoms with Gasteiger partial charge in [0.05, 0.1) is 7.11 Å². The summed E-state index contributed by atoms with van der Waals surface area (Å²) in [6, 6.07) is 23.0. The number of methoxy groups -OCH3 is 1. The summed E-state index contributed by atoms with van der Waals surface area (Å²) in [5.74, 6) is -0.0393. The van der Waals surface area contributed by atoms with Crippen molar-refractivity contribution >= 4 is 11.6 Å². The molecule has 0 bridgehead atoms. The van der Waals surface area contributed by atoms with Crippen LogP contribution in [0.25, 0.3) is 0 Å². The highest BCUT2D eigenvalue weighted by molar-refractivity contribution is 5.99. The van der Waals surface area contributed by atoms with Crippen LogP contribution in [0.1, 0.15) is 45.0 Å². The molecule has 0 aromatic heterocycles. The molecule has 0 radical (unpaired) electrons. The minimum absolute atomic E-state index is 0.0220. The van der Waals surface area contributed by atoms with Crippen molar-refractivity contribution in [3.63, 3.8) is 0 Å². The summed E-state index contributed by atoms with van der Waals surface area (Å²) >= 11 is 0. The first kappa shape index (κ1) is 19.4. The SMILES string of the molecule is COc1cc(C(CC(=O)c2ccccc2)CC(=O)c2ccccc2)ccc1O. The van der Waals surface area contributed by atoms with Crippen LogP contribution in [0.15, 0.2) is 78.9 Å². The van der Waals surface area contributed by atoms with Crippen LogP contribution in [0.3, 0.4) is 0 Å². The Morgan fingerprint density at radius 2 is 1.32 bits per heavy atom. The van der Waals surface area contributed by atoms with E-state index in [2.05, 4.69) is 0 Å². The van der Waals surface area contributed by atoms with Gasteiger partial charge in [-0.25, -0.2) is 0 Å². The molecule has 0 spiro atoms. The van der Waals surface area contributed by atoms with E-state index in [1.807, 2.05) is 36.4 Å². The maximum Gasteiger partial charge on any atom is 0.163 e. The van der Waals surface area contributed by atoms with Gasteiger partial charge in [0, 0.05) is 24.0 Å². The lowest BCUT2D eigenvalue weighted by atomic mass is 9.86. The van der Waals surface area contributed by atoms with Crippen molar-refractivity contribution in [3.05, 3.63) is 95.6 Å². The second-order valence-electron chi connectivity index (χ2n) is 6.61. The second kappa shape index (κ2) is 9.00. The van der Waals surface area contributed by atoms with Gasteiger partial charge >= 0.3 is 0 Å². The number of carbonyl (C=O) groups is 2. The van der Waals surface area contributed by atoms with Crippen LogP contribution in [0.4, 0.5) is 0 Å². The highest BCUT2D eigenvalue weighted by Crippen LogP contribution is 2.34. The number of ketones is 2. The van der Waals surface area contributed by atoms with E-state index >= 15 is 0 Å². The van der Waals surface area contributed by atoms with Crippen molar-refractivity contribution in [1.29, 1.82) is 0 Å². The Morgan fingerprint density at radius 1 is 0.821 bits per heavy atom. The van der Waals surface area contributed by atoms with Crippen molar-refractivity contribution in [2.45, 2.75) is 18.8 Å². The van der Waals surface area contributed by atoms with Gasteiger partial charge in [0.2, 0.25) is 0 Å². The number of hydrogen-bond acceptors (Lipinski definition) is 4. The quantitative estimate of drug-likeness (QED) is 0.562. The number of benzene rings is 3. The molecule has 4 heteroatoms. The summed E-state index contributed by atoms with van der Waals surface area (Å²) in [4.78, 5) is 25.6. The van der Waals surface area contributed by atoms with Crippen molar-refractivity contribution in [2.24, 2.45) is 0 Å². The van der Waals surface area contributed by atoms with Crippen molar-refractivity contribution in [3.8, 4) is 11.5 Å². The molecule has 0 aliphatic heterocycles. The van der Waals surface area contributed by atoms with Gasteiger partial charge in [-0.1, -0.05) is 66.7 Å². The third kappa shape index (κ3) is 4.65. The fraction of sp³-hybridized carbons (Fsp3) is 0.167. The fourth-order valence-corrected chi connectivity index (χ4v) is 3.19. The number of phenols is 1. The second-order valence-corrected chi connectivity index (χ2v) is 6.61. The van der Waals surface area contributed by atoms with Crippen molar-refractivity contribution in [1.82, 2.24) is 0 Å². The molecule has 3 rings (SSSR count). The maximum atomic E-state index is 12.8. The van der Waals surface area contributed by atoms with Crippen molar-refractivity contribution in [2.75, 3.05) is 7.11 Å². The molecule has 0 heterocycles. The predicted octanol–water partition coefficient (Wildman–Crippen LogP) is 5.03. The standard InChI is InChI=1S/C24H22O4/c1-28-24-16-19(12-13-21(24)25)20(14-22(26)17-8-4-2-5-9-17)15-23(27)18-10-6-3-7-11-18/h2-13,16,20,25H,14-15H2,1H3. The van der Waals surface area contributed by atoms with Crippen molar-refractivity contribution < 1.29 is 19.4 Å². The highest BCUT2D eigenvalue weighted by Gasteiger charge is 2.22. The number of phenolic OH excluding ortho intramolecular Hbond substituents is 1. The van der Waals surface area contributed by atoms with E-state index < -0.39 is 0 Å². The molecular weight excluding hydrogens is 352 g/mol. The summed E-state index contributed by atoms with van der Waals surface area (Å²) in [6.07, 6.45) is 0.382. The van der Waals surface area contributed by atoms with Gasteiger partial charge in [-0.3, -0.25) is 9.59 Å². The summed E-state index contributed by atoms with van der Waals surface area (Å²) in [6.45, 7) is 0. The molecule has 0 amide bonds. The van der Waals surface area contributed by atoms with Crippen LogP contribution in [0.5, 0.6) is 11.5 Å². The monoisotopic (exact) mass is 374 g/mol. The number of aromatic hydroxyl groups is 1. The molecule has 0 atom stereocenters. The third-order valence-corrected chi connectivity index (χ3v) is 4.73. The third-order valence-electron chi connectivity index (χ3n) is 4.73. The molecule has 3 aromatic carbocycles. The first-order valence-corrected chi connectivity index (χ1v) is 9.12. The molecule has 0 aliphatic rings. The van der Waals surface area contributed by atoms with E-state index in [-0.39, 0.29) is 36.1 Å². The Labute approximate surface area is 164 Å². The zero-order chi connectivity index (χ0) is 19.9. The Balaban J connectivity index is 1.89. The average Bonchev–Trinajstić information content (AvgIpc) is 2.74. The molecule has 4 nitrogen and oxygen atoms in total. The Kier molecular flexibility index (Phi) is 6.22. The normalized spacial score (nSPS) is 10.6. The molecule has 0 unspecified atom stereocenters. The predicted molar refractivity (Wildman–Crippen MR) is 108 cm³/mol. The van der Waals surface area contributed by atoms with Gasteiger partial charge in [-0.15, -0.1) is 0 Å². The molecule has 3 aromatic rings. The molecule has 1 N–H and O–H groups in total. The zero-order valence-corrected chi connectivity index (χ0v) is 15.7. The van der Waals surface area contributed by atoms with E-state index in [1.54, 1.807) is 36.4 Å². The zero-order valence-electron chi connectivity index (χ0n) is 15.7. The number of rotatable bonds is 8. The topological polar surface area (TPSA) is 63.6 Å². The minimum Gasteiger partial charge on any atom is -0.504 e. The van der Waals surface area contributed by atoms with Gasteiger partial charge in [-0.2, -0.15) is 0 Å². The van der Waals surface area contributed by atoms with Gasteiger partial charge in [0.25, 0.3) is 0 Å². The summed E-state index contributed by atoms with van der Waals surface area (Å²) < 4.78 is 5.20. The number of carbonyl (C=O) groups excluding carboxylic acids is 2.